The lowest BCUT2D eigenvalue weighted by molar-refractivity contribution is -0.138. The van der Waals surface area contributed by atoms with Crippen LogP contribution in [0.2, 0.25) is 0 Å². The Morgan fingerprint density at radius 2 is 2.29 bits per heavy atom. The van der Waals surface area contributed by atoms with E-state index in [1.165, 1.54) is 12.1 Å². The van der Waals surface area contributed by atoms with Gasteiger partial charge in [0.25, 0.3) is 0 Å². The molecule has 0 aliphatic rings. The van der Waals surface area contributed by atoms with Gasteiger partial charge in [-0.3, -0.25) is 7.58 Å². The van der Waals surface area contributed by atoms with E-state index in [9.17, 15) is 9.18 Å². The average molecular weight is 348 g/mol. The molecule has 1 heterocycles. The summed E-state index contributed by atoms with van der Waals surface area (Å²) >= 11 is 2.06. The number of rotatable bonds is 3. The molecule has 1 unspecified atom stereocenters. The highest BCUT2D eigenvalue weighted by Crippen LogP contribution is 2.25. The number of nitrogens with two attached hydrogens (primary N) is 1. The fourth-order valence-electron chi connectivity index (χ4n) is 1.71. The predicted octanol–water partition coefficient (Wildman–Crippen LogP) is 1.93. The van der Waals surface area contributed by atoms with Crippen LogP contribution in [0.1, 0.15) is 5.56 Å². The van der Waals surface area contributed by atoms with E-state index in [4.69, 9.17) is 10.8 Å². The monoisotopic (exact) mass is 348 g/mol. The topological polar surface area (TPSA) is 68.2 Å². The fourth-order valence-corrected chi connectivity index (χ4v) is 2.47. The third-order valence-electron chi connectivity index (χ3n) is 2.56. The number of aliphatic carboxylic acids is 1. The summed E-state index contributed by atoms with van der Waals surface area (Å²) in [6.45, 7) is 0. The summed E-state index contributed by atoms with van der Waals surface area (Å²) in [6, 6.07) is 3.46. The average Bonchev–Trinajstić information content (AvgIpc) is 2.55. The maximum absolute atomic E-state index is 13.2. The van der Waals surface area contributed by atoms with Crippen molar-refractivity contribution in [2.75, 3.05) is 0 Å². The quantitative estimate of drug-likeness (QED) is 0.833. The lowest BCUT2D eigenvalue weighted by atomic mass is 10.1. The Morgan fingerprint density at radius 3 is 2.94 bits per heavy atom. The van der Waals surface area contributed by atoms with Gasteiger partial charge in [-0.05, 0) is 23.8 Å². The molecule has 1 atom stereocenters. The Bertz CT molecular complexity index is 582. The van der Waals surface area contributed by atoms with E-state index in [0.717, 1.165) is 11.1 Å². The zero-order valence-corrected chi connectivity index (χ0v) is 10.9. The molecule has 0 saturated carbocycles. The lowest BCUT2D eigenvalue weighted by Gasteiger charge is -2.04. The molecule has 0 amide bonds. The first-order valence-electron chi connectivity index (χ1n) is 4.93. The summed E-state index contributed by atoms with van der Waals surface area (Å²) in [6.07, 6.45) is 1.96. The summed E-state index contributed by atoms with van der Waals surface area (Å²) in [5, 5.41) is 9.47. The molecular weight excluding hydrogens is 338 g/mol. The standard InChI is InChI=1S/C11H10FIN2O2/c12-7-1-2-10-8(4-7)6(5-15(10)13)3-9(14)11(16)17/h1-2,4-5,9H,3,14H2,(H,16,17). The molecule has 90 valence electrons. The van der Waals surface area contributed by atoms with Crippen molar-refractivity contribution < 1.29 is 14.3 Å². The van der Waals surface area contributed by atoms with Gasteiger partial charge < -0.3 is 10.8 Å². The van der Waals surface area contributed by atoms with Crippen LogP contribution in [0.15, 0.2) is 24.4 Å². The van der Waals surface area contributed by atoms with Crippen molar-refractivity contribution >= 4 is 39.7 Å². The SMILES string of the molecule is NC(Cc1cn(I)c2ccc(F)cc12)C(=O)O. The summed E-state index contributed by atoms with van der Waals surface area (Å²) in [5.74, 6) is -1.40. The fraction of sp³-hybridized carbons (Fsp3) is 0.182. The number of hydrogen-bond acceptors (Lipinski definition) is 2. The molecule has 1 aromatic heterocycles. The Kier molecular flexibility index (Phi) is 3.34. The van der Waals surface area contributed by atoms with Gasteiger partial charge in [0.1, 0.15) is 11.9 Å². The van der Waals surface area contributed by atoms with Crippen LogP contribution < -0.4 is 5.73 Å². The van der Waals surface area contributed by atoms with Crippen molar-refractivity contribution in [3.8, 4) is 0 Å². The molecule has 6 heteroatoms. The number of benzene rings is 1. The molecule has 1 aromatic carbocycles. The zero-order valence-electron chi connectivity index (χ0n) is 8.73. The molecule has 0 radical (unpaired) electrons. The molecule has 2 aromatic rings. The third kappa shape index (κ3) is 2.42. The van der Waals surface area contributed by atoms with Crippen LogP contribution in [0.25, 0.3) is 10.9 Å². The van der Waals surface area contributed by atoms with Crippen molar-refractivity contribution in [3.05, 3.63) is 35.8 Å². The Hall–Kier alpha value is -1.15. The first-order valence-corrected chi connectivity index (χ1v) is 5.89. The van der Waals surface area contributed by atoms with Gasteiger partial charge in [0.15, 0.2) is 0 Å². The van der Waals surface area contributed by atoms with Gasteiger partial charge in [0.05, 0.1) is 28.4 Å². The number of hydrogen-bond donors (Lipinski definition) is 2. The molecule has 0 saturated heterocycles. The minimum absolute atomic E-state index is 0.186. The summed E-state index contributed by atoms with van der Waals surface area (Å²) < 4.78 is 15.0. The van der Waals surface area contributed by atoms with Crippen LogP contribution in [0.4, 0.5) is 4.39 Å². The van der Waals surface area contributed by atoms with Gasteiger partial charge in [-0.2, -0.15) is 0 Å². The highest BCUT2D eigenvalue weighted by molar-refractivity contribution is 14.1. The second kappa shape index (κ2) is 4.61. The molecule has 0 fully saturated rings. The molecule has 0 aliphatic carbocycles. The first kappa shape index (κ1) is 12.3. The third-order valence-corrected chi connectivity index (χ3v) is 3.36. The van der Waals surface area contributed by atoms with E-state index < -0.39 is 12.0 Å². The summed E-state index contributed by atoms with van der Waals surface area (Å²) in [5.41, 5.74) is 7.07. The Morgan fingerprint density at radius 1 is 1.59 bits per heavy atom. The van der Waals surface area contributed by atoms with Gasteiger partial charge in [0.2, 0.25) is 0 Å². The molecule has 0 spiro atoms. The molecular formula is C11H10FIN2O2. The minimum Gasteiger partial charge on any atom is -0.480 e. The zero-order chi connectivity index (χ0) is 12.6. The van der Waals surface area contributed by atoms with Gasteiger partial charge >= 0.3 is 5.97 Å². The van der Waals surface area contributed by atoms with E-state index in [1.807, 2.05) is 0 Å². The number of carboxylic acid groups (broad SMARTS) is 1. The molecule has 0 bridgehead atoms. The van der Waals surface area contributed by atoms with Crippen LogP contribution in [-0.4, -0.2) is 19.9 Å². The maximum atomic E-state index is 13.2. The molecule has 2 rings (SSSR count). The van der Waals surface area contributed by atoms with E-state index in [0.29, 0.717) is 5.39 Å². The van der Waals surface area contributed by atoms with E-state index in [-0.39, 0.29) is 12.2 Å². The Labute approximate surface area is 111 Å². The summed E-state index contributed by atoms with van der Waals surface area (Å²) in [7, 11) is 0. The number of fused-ring (bicyclic) bond motifs is 1. The number of carbonyl (C=O) groups is 1. The molecule has 4 nitrogen and oxygen atoms in total. The molecule has 3 N–H and O–H groups in total. The number of carboxylic acids is 1. The lowest BCUT2D eigenvalue weighted by Crippen LogP contribution is -2.32. The van der Waals surface area contributed by atoms with E-state index in [1.54, 1.807) is 15.0 Å². The number of halogens is 2. The van der Waals surface area contributed by atoms with Gasteiger partial charge in [-0.1, -0.05) is 0 Å². The van der Waals surface area contributed by atoms with Crippen LogP contribution in [0.5, 0.6) is 0 Å². The smallest absolute Gasteiger partial charge is 0.320 e. The van der Waals surface area contributed by atoms with Crippen LogP contribution >= 0.6 is 22.9 Å². The van der Waals surface area contributed by atoms with Crippen LogP contribution in [-0.2, 0) is 11.2 Å². The first-order chi connectivity index (χ1) is 7.99. The maximum Gasteiger partial charge on any atom is 0.320 e. The van der Waals surface area contributed by atoms with Gasteiger partial charge in [-0.15, -0.1) is 0 Å². The normalized spacial score (nSPS) is 12.9. The Balaban J connectivity index is 2.47. The van der Waals surface area contributed by atoms with E-state index >= 15 is 0 Å². The second-order valence-electron chi connectivity index (χ2n) is 3.78. The highest BCUT2D eigenvalue weighted by Gasteiger charge is 2.16. The van der Waals surface area contributed by atoms with Crippen molar-refractivity contribution in [1.82, 2.24) is 2.78 Å². The van der Waals surface area contributed by atoms with Gasteiger partial charge in [-0.25, -0.2) is 4.39 Å². The molecule has 0 aliphatic heterocycles. The minimum atomic E-state index is -1.06. The summed E-state index contributed by atoms with van der Waals surface area (Å²) in [4.78, 5) is 10.7. The van der Waals surface area contributed by atoms with Crippen molar-refractivity contribution in [2.45, 2.75) is 12.5 Å². The van der Waals surface area contributed by atoms with Gasteiger partial charge in [0, 0.05) is 18.0 Å². The van der Waals surface area contributed by atoms with Crippen molar-refractivity contribution in [2.24, 2.45) is 5.73 Å². The number of aromatic nitrogens is 1. The van der Waals surface area contributed by atoms with Crippen LogP contribution in [0.3, 0.4) is 0 Å². The highest BCUT2D eigenvalue weighted by atomic mass is 127. The largest absolute Gasteiger partial charge is 0.480 e. The number of nitrogens with zero attached hydrogens (tertiary/aromatic N) is 1. The van der Waals surface area contributed by atoms with E-state index in [2.05, 4.69) is 22.9 Å². The molecule has 17 heavy (non-hydrogen) atoms. The second-order valence-corrected chi connectivity index (χ2v) is 4.82. The predicted molar refractivity (Wildman–Crippen MR) is 70.6 cm³/mol. The van der Waals surface area contributed by atoms with Crippen molar-refractivity contribution in [1.29, 1.82) is 0 Å². The van der Waals surface area contributed by atoms with Crippen LogP contribution in [0, 0.1) is 5.82 Å². The van der Waals surface area contributed by atoms with Crippen molar-refractivity contribution in [3.63, 3.8) is 0 Å².